The van der Waals surface area contributed by atoms with Crippen molar-refractivity contribution in [1.29, 1.82) is 0 Å². The Bertz CT molecular complexity index is 129. The molecule has 1 aliphatic rings. The first-order chi connectivity index (χ1) is 5.72. The van der Waals surface area contributed by atoms with E-state index in [0.29, 0.717) is 5.54 Å². The molecule has 1 aliphatic heterocycles. The third kappa shape index (κ3) is 2.22. The minimum Gasteiger partial charge on any atom is -0.309 e. The lowest BCUT2D eigenvalue weighted by Gasteiger charge is -2.41. The van der Waals surface area contributed by atoms with Crippen molar-refractivity contribution >= 4 is 0 Å². The molecule has 2 atom stereocenters. The lowest BCUT2D eigenvalue weighted by molar-refractivity contribution is 0.191. The van der Waals surface area contributed by atoms with Crippen molar-refractivity contribution in [2.45, 2.75) is 70.9 Å². The summed E-state index contributed by atoms with van der Waals surface area (Å²) in [7, 11) is 0. The lowest BCUT2D eigenvalue weighted by Crippen LogP contribution is -2.52. The minimum atomic E-state index is 0.492. The zero-order valence-corrected chi connectivity index (χ0v) is 8.82. The van der Waals surface area contributed by atoms with Crippen molar-refractivity contribution in [3.63, 3.8) is 0 Å². The van der Waals surface area contributed by atoms with Gasteiger partial charge in [0.25, 0.3) is 0 Å². The lowest BCUT2D eigenvalue weighted by atomic mass is 9.81. The summed E-state index contributed by atoms with van der Waals surface area (Å²) in [6.45, 7) is 6.93. The summed E-state index contributed by atoms with van der Waals surface area (Å²) in [6, 6.07) is 0.741. The highest BCUT2D eigenvalue weighted by molar-refractivity contribution is 4.92. The molecule has 1 fully saturated rings. The van der Waals surface area contributed by atoms with E-state index in [0.717, 1.165) is 6.04 Å². The fourth-order valence-corrected chi connectivity index (χ4v) is 2.55. The molecule has 1 nitrogen and oxygen atoms in total. The highest BCUT2D eigenvalue weighted by atomic mass is 15.0. The molecule has 0 aromatic rings. The van der Waals surface area contributed by atoms with Gasteiger partial charge < -0.3 is 5.32 Å². The van der Waals surface area contributed by atoms with Crippen LogP contribution in [0.25, 0.3) is 0 Å². The van der Waals surface area contributed by atoms with Gasteiger partial charge in [0, 0.05) is 11.6 Å². The molecular formula is C11H23N. The molecule has 0 bridgehead atoms. The van der Waals surface area contributed by atoms with Crippen LogP contribution in [-0.4, -0.2) is 11.6 Å². The van der Waals surface area contributed by atoms with Gasteiger partial charge >= 0.3 is 0 Å². The quantitative estimate of drug-likeness (QED) is 0.684. The van der Waals surface area contributed by atoms with E-state index in [-0.39, 0.29) is 0 Å². The van der Waals surface area contributed by atoms with Gasteiger partial charge in [0.15, 0.2) is 0 Å². The molecule has 1 saturated heterocycles. The number of rotatable bonds is 3. The Labute approximate surface area is 76.9 Å². The second-order valence-electron chi connectivity index (χ2n) is 4.32. The molecule has 0 aliphatic carbocycles. The van der Waals surface area contributed by atoms with Gasteiger partial charge in [-0.25, -0.2) is 0 Å². The summed E-state index contributed by atoms with van der Waals surface area (Å²) < 4.78 is 0. The van der Waals surface area contributed by atoms with Crippen LogP contribution in [0.5, 0.6) is 0 Å². The molecule has 12 heavy (non-hydrogen) atoms. The van der Waals surface area contributed by atoms with Crippen LogP contribution >= 0.6 is 0 Å². The Morgan fingerprint density at radius 1 is 1.42 bits per heavy atom. The highest BCUT2D eigenvalue weighted by Gasteiger charge is 2.31. The molecule has 0 saturated carbocycles. The summed E-state index contributed by atoms with van der Waals surface area (Å²) in [5.74, 6) is 0. The monoisotopic (exact) mass is 169 g/mol. The largest absolute Gasteiger partial charge is 0.309 e. The number of piperidine rings is 1. The van der Waals surface area contributed by atoms with Crippen LogP contribution in [0.2, 0.25) is 0 Å². The van der Waals surface area contributed by atoms with Gasteiger partial charge in [0.2, 0.25) is 0 Å². The second kappa shape index (κ2) is 4.27. The van der Waals surface area contributed by atoms with E-state index >= 15 is 0 Å². The number of hydrogen-bond donors (Lipinski definition) is 1. The van der Waals surface area contributed by atoms with E-state index in [2.05, 4.69) is 26.1 Å². The Hall–Kier alpha value is -0.0400. The molecule has 2 unspecified atom stereocenters. The van der Waals surface area contributed by atoms with E-state index in [1.165, 1.54) is 38.5 Å². The van der Waals surface area contributed by atoms with Crippen LogP contribution in [0.4, 0.5) is 0 Å². The normalized spacial score (nSPS) is 36.8. The van der Waals surface area contributed by atoms with Crippen LogP contribution in [0.15, 0.2) is 0 Å². The maximum atomic E-state index is 3.78. The predicted octanol–water partition coefficient (Wildman–Crippen LogP) is 3.10. The fourth-order valence-electron chi connectivity index (χ4n) is 2.55. The van der Waals surface area contributed by atoms with Gasteiger partial charge in [-0.15, -0.1) is 0 Å². The van der Waals surface area contributed by atoms with Gasteiger partial charge in [-0.05, 0) is 32.6 Å². The van der Waals surface area contributed by atoms with Crippen molar-refractivity contribution in [1.82, 2.24) is 5.32 Å². The van der Waals surface area contributed by atoms with Crippen molar-refractivity contribution in [2.75, 3.05) is 0 Å². The topological polar surface area (TPSA) is 12.0 Å². The maximum Gasteiger partial charge on any atom is 0.0181 e. The summed E-state index contributed by atoms with van der Waals surface area (Å²) >= 11 is 0. The SMILES string of the molecule is CCCC1(CC)CCCC(C)N1. The van der Waals surface area contributed by atoms with Crippen LogP contribution in [0.1, 0.15) is 59.3 Å². The molecule has 0 spiro atoms. The van der Waals surface area contributed by atoms with Crippen LogP contribution < -0.4 is 5.32 Å². The van der Waals surface area contributed by atoms with Gasteiger partial charge in [-0.2, -0.15) is 0 Å². The summed E-state index contributed by atoms with van der Waals surface area (Å²) in [5.41, 5.74) is 0.492. The first-order valence-corrected chi connectivity index (χ1v) is 5.50. The first kappa shape index (κ1) is 10.0. The van der Waals surface area contributed by atoms with Gasteiger partial charge in [0.05, 0.1) is 0 Å². The van der Waals surface area contributed by atoms with Crippen LogP contribution in [0.3, 0.4) is 0 Å². The smallest absolute Gasteiger partial charge is 0.0181 e. The molecule has 0 amide bonds. The summed E-state index contributed by atoms with van der Waals surface area (Å²) in [5, 5.41) is 3.78. The maximum absolute atomic E-state index is 3.78. The van der Waals surface area contributed by atoms with Gasteiger partial charge in [-0.1, -0.05) is 26.7 Å². The van der Waals surface area contributed by atoms with Crippen LogP contribution in [-0.2, 0) is 0 Å². The summed E-state index contributed by atoms with van der Waals surface area (Å²) in [4.78, 5) is 0. The van der Waals surface area contributed by atoms with Gasteiger partial charge in [-0.3, -0.25) is 0 Å². The minimum absolute atomic E-state index is 0.492. The Kier molecular flexibility index (Phi) is 3.57. The highest BCUT2D eigenvalue weighted by Crippen LogP contribution is 2.29. The van der Waals surface area contributed by atoms with E-state index in [4.69, 9.17) is 0 Å². The van der Waals surface area contributed by atoms with Crippen LogP contribution in [0, 0.1) is 0 Å². The third-order valence-corrected chi connectivity index (χ3v) is 3.25. The summed E-state index contributed by atoms with van der Waals surface area (Å²) in [6.07, 6.45) is 8.14. The standard InChI is InChI=1S/C11H23N/c1-4-8-11(5-2)9-6-7-10(3)12-11/h10,12H,4-9H2,1-3H3. The molecule has 1 heteroatoms. The number of nitrogens with one attached hydrogen (secondary N) is 1. The van der Waals surface area contributed by atoms with Gasteiger partial charge in [0.1, 0.15) is 0 Å². The zero-order valence-electron chi connectivity index (χ0n) is 8.82. The zero-order chi connectivity index (χ0) is 9.03. The Balaban J connectivity index is 2.51. The van der Waals surface area contributed by atoms with Crippen molar-refractivity contribution in [2.24, 2.45) is 0 Å². The van der Waals surface area contributed by atoms with Crippen molar-refractivity contribution in [3.05, 3.63) is 0 Å². The van der Waals surface area contributed by atoms with E-state index in [1.807, 2.05) is 0 Å². The van der Waals surface area contributed by atoms with E-state index < -0.39 is 0 Å². The third-order valence-electron chi connectivity index (χ3n) is 3.25. The van der Waals surface area contributed by atoms with Crippen molar-refractivity contribution < 1.29 is 0 Å². The molecule has 1 rings (SSSR count). The number of hydrogen-bond acceptors (Lipinski definition) is 1. The predicted molar refractivity (Wildman–Crippen MR) is 54.4 cm³/mol. The molecule has 72 valence electrons. The average molecular weight is 169 g/mol. The second-order valence-corrected chi connectivity index (χ2v) is 4.32. The molecule has 1 N–H and O–H groups in total. The fraction of sp³-hybridized carbons (Fsp3) is 1.00. The molecule has 0 radical (unpaired) electrons. The average Bonchev–Trinajstić information content (AvgIpc) is 2.05. The Morgan fingerprint density at radius 3 is 2.67 bits per heavy atom. The van der Waals surface area contributed by atoms with Crippen molar-refractivity contribution in [3.8, 4) is 0 Å². The molecule has 0 aromatic carbocycles. The molecule has 1 heterocycles. The Morgan fingerprint density at radius 2 is 2.17 bits per heavy atom. The van der Waals surface area contributed by atoms with E-state index in [1.54, 1.807) is 0 Å². The molecular weight excluding hydrogens is 146 g/mol. The van der Waals surface area contributed by atoms with E-state index in [9.17, 15) is 0 Å². The molecule has 0 aromatic heterocycles. The first-order valence-electron chi connectivity index (χ1n) is 5.50.